The highest BCUT2D eigenvalue weighted by atomic mass is 16.5. The van der Waals surface area contributed by atoms with Crippen LogP contribution in [-0.4, -0.2) is 63.5 Å². The molecule has 4 nitrogen and oxygen atoms in total. The Morgan fingerprint density at radius 3 is 2.25 bits per heavy atom. The number of hydrogen-bond donors (Lipinski definition) is 1. The summed E-state index contributed by atoms with van der Waals surface area (Å²) >= 11 is 0. The first-order valence-electron chi connectivity index (χ1n) is 6.23. The Labute approximate surface area is 99.3 Å². The fourth-order valence-corrected chi connectivity index (χ4v) is 2.25. The van der Waals surface area contributed by atoms with Gasteiger partial charge < -0.3 is 14.8 Å². The predicted molar refractivity (Wildman–Crippen MR) is 65.8 cm³/mol. The highest BCUT2D eigenvalue weighted by Crippen LogP contribution is 2.19. The highest BCUT2D eigenvalue weighted by Gasteiger charge is 2.34. The van der Waals surface area contributed by atoms with E-state index in [0.29, 0.717) is 6.04 Å². The van der Waals surface area contributed by atoms with Crippen molar-refractivity contribution in [2.24, 2.45) is 0 Å². The fraction of sp³-hybridized carbons (Fsp3) is 1.00. The second-order valence-electron chi connectivity index (χ2n) is 4.49. The lowest BCUT2D eigenvalue weighted by Crippen LogP contribution is -2.34. The van der Waals surface area contributed by atoms with Gasteiger partial charge in [0.05, 0.1) is 12.2 Å². The SMILES string of the molecule is CCNCCC(C)N1CC(OC)C(OC)C1. The summed E-state index contributed by atoms with van der Waals surface area (Å²) in [5.41, 5.74) is 0. The Hall–Kier alpha value is -0.160. The highest BCUT2D eigenvalue weighted by molar-refractivity contribution is 4.88. The summed E-state index contributed by atoms with van der Waals surface area (Å²) in [7, 11) is 3.53. The molecule has 96 valence electrons. The molecule has 1 saturated heterocycles. The Morgan fingerprint density at radius 1 is 1.25 bits per heavy atom. The lowest BCUT2D eigenvalue weighted by atomic mass is 10.2. The van der Waals surface area contributed by atoms with Crippen LogP contribution in [0.2, 0.25) is 0 Å². The molecule has 1 heterocycles. The molecule has 0 aliphatic carbocycles. The number of nitrogens with zero attached hydrogens (tertiary/aromatic N) is 1. The number of ether oxygens (including phenoxy) is 2. The number of nitrogens with one attached hydrogen (secondary N) is 1. The third-order valence-electron chi connectivity index (χ3n) is 3.46. The van der Waals surface area contributed by atoms with Crippen LogP contribution in [0.5, 0.6) is 0 Å². The maximum atomic E-state index is 5.44. The fourth-order valence-electron chi connectivity index (χ4n) is 2.25. The molecule has 0 aromatic heterocycles. The molecule has 0 radical (unpaired) electrons. The van der Waals surface area contributed by atoms with Crippen molar-refractivity contribution in [3.8, 4) is 0 Å². The predicted octanol–water partition coefficient (Wildman–Crippen LogP) is 0.720. The summed E-state index contributed by atoms with van der Waals surface area (Å²) in [4.78, 5) is 2.46. The van der Waals surface area contributed by atoms with Crippen LogP contribution in [0, 0.1) is 0 Å². The smallest absolute Gasteiger partial charge is 0.0971 e. The molecule has 16 heavy (non-hydrogen) atoms. The van der Waals surface area contributed by atoms with E-state index < -0.39 is 0 Å². The van der Waals surface area contributed by atoms with E-state index in [2.05, 4.69) is 24.1 Å². The summed E-state index contributed by atoms with van der Waals surface area (Å²) < 4.78 is 10.9. The van der Waals surface area contributed by atoms with Gasteiger partial charge >= 0.3 is 0 Å². The molecular formula is C12H26N2O2. The van der Waals surface area contributed by atoms with Crippen molar-refractivity contribution in [3.05, 3.63) is 0 Å². The summed E-state index contributed by atoms with van der Waals surface area (Å²) in [5, 5.41) is 3.36. The van der Waals surface area contributed by atoms with Crippen molar-refractivity contribution in [3.63, 3.8) is 0 Å². The zero-order chi connectivity index (χ0) is 12.0. The van der Waals surface area contributed by atoms with Crippen LogP contribution in [0.3, 0.4) is 0 Å². The normalized spacial score (nSPS) is 28.5. The van der Waals surface area contributed by atoms with Gasteiger partial charge in [-0.2, -0.15) is 0 Å². The molecule has 3 atom stereocenters. The average Bonchev–Trinajstić information content (AvgIpc) is 2.72. The van der Waals surface area contributed by atoms with Gasteiger partial charge in [-0.05, 0) is 26.4 Å². The van der Waals surface area contributed by atoms with Crippen LogP contribution in [0.4, 0.5) is 0 Å². The van der Waals surface area contributed by atoms with Crippen LogP contribution in [0.1, 0.15) is 20.3 Å². The van der Waals surface area contributed by atoms with E-state index in [1.54, 1.807) is 14.2 Å². The molecule has 1 aliphatic heterocycles. The summed E-state index contributed by atoms with van der Waals surface area (Å²) in [6.45, 7) is 8.53. The Morgan fingerprint density at radius 2 is 1.81 bits per heavy atom. The van der Waals surface area contributed by atoms with Gasteiger partial charge in [-0.15, -0.1) is 0 Å². The Bertz CT molecular complexity index is 178. The zero-order valence-corrected chi connectivity index (χ0v) is 11.0. The molecule has 0 aromatic rings. The van der Waals surface area contributed by atoms with Crippen molar-refractivity contribution in [1.29, 1.82) is 0 Å². The second kappa shape index (κ2) is 7.22. The van der Waals surface area contributed by atoms with Gasteiger partial charge in [0.25, 0.3) is 0 Å². The van der Waals surface area contributed by atoms with Crippen molar-refractivity contribution >= 4 is 0 Å². The van der Waals surface area contributed by atoms with Crippen LogP contribution >= 0.6 is 0 Å². The minimum atomic E-state index is 0.228. The number of methoxy groups -OCH3 is 2. The average molecular weight is 230 g/mol. The van der Waals surface area contributed by atoms with E-state index in [9.17, 15) is 0 Å². The quantitative estimate of drug-likeness (QED) is 0.654. The number of hydrogen-bond acceptors (Lipinski definition) is 4. The molecule has 1 N–H and O–H groups in total. The molecule has 0 amide bonds. The maximum absolute atomic E-state index is 5.44. The van der Waals surface area contributed by atoms with Gasteiger partial charge in [-0.3, -0.25) is 4.90 Å². The molecule has 0 saturated carbocycles. The van der Waals surface area contributed by atoms with E-state index in [0.717, 1.165) is 26.2 Å². The first-order valence-corrected chi connectivity index (χ1v) is 6.23. The third-order valence-corrected chi connectivity index (χ3v) is 3.46. The lowest BCUT2D eigenvalue weighted by Gasteiger charge is -2.23. The van der Waals surface area contributed by atoms with E-state index >= 15 is 0 Å². The summed E-state index contributed by atoms with van der Waals surface area (Å²) in [6, 6.07) is 0.594. The van der Waals surface area contributed by atoms with Crippen LogP contribution in [-0.2, 0) is 9.47 Å². The van der Waals surface area contributed by atoms with Gasteiger partial charge in [0, 0.05) is 33.4 Å². The zero-order valence-electron chi connectivity index (χ0n) is 11.0. The summed E-state index contributed by atoms with van der Waals surface area (Å²) in [6.07, 6.45) is 1.64. The van der Waals surface area contributed by atoms with E-state index in [1.807, 2.05) is 0 Å². The van der Waals surface area contributed by atoms with E-state index in [1.165, 1.54) is 6.42 Å². The Kier molecular flexibility index (Phi) is 6.28. The van der Waals surface area contributed by atoms with Gasteiger partial charge in [0.15, 0.2) is 0 Å². The van der Waals surface area contributed by atoms with Crippen molar-refractivity contribution in [2.45, 2.75) is 38.5 Å². The van der Waals surface area contributed by atoms with Crippen molar-refractivity contribution < 1.29 is 9.47 Å². The van der Waals surface area contributed by atoms with Gasteiger partial charge in [-0.1, -0.05) is 6.92 Å². The van der Waals surface area contributed by atoms with Crippen molar-refractivity contribution in [1.82, 2.24) is 10.2 Å². The van der Waals surface area contributed by atoms with Crippen LogP contribution in [0.15, 0.2) is 0 Å². The maximum Gasteiger partial charge on any atom is 0.0971 e. The minimum Gasteiger partial charge on any atom is -0.377 e. The summed E-state index contributed by atoms with van der Waals surface area (Å²) in [5.74, 6) is 0. The first kappa shape index (κ1) is 13.9. The molecule has 1 aliphatic rings. The molecular weight excluding hydrogens is 204 g/mol. The van der Waals surface area contributed by atoms with E-state index in [4.69, 9.17) is 9.47 Å². The molecule has 4 heteroatoms. The van der Waals surface area contributed by atoms with Crippen LogP contribution in [0.25, 0.3) is 0 Å². The molecule has 1 rings (SSSR count). The van der Waals surface area contributed by atoms with Gasteiger partial charge in [0.1, 0.15) is 0 Å². The number of rotatable bonds is 7. The first-order chi connectivity index (χ1) is 7.72. The van der Waals surface area contributed by atoms with Gasteiger partial charge in [0.2, 0.25) is 0 Å². The molecule has 0 aromatic carbocycles. The Balaban J connectivity index is 2.32. The largest absolute Gasteiger partial charge is 0.377 e. The standard InChI is InChI=1S/C12H26N2O2/c1-5-13-7-6-10(2)14-8-11(15-3)12(9-14)16-4/h10-13H,5-9H2,1-4H3. The third kappa shape index (κ3) is 3.70. The monoisotopic (exact) mass is 230 g/mol. The van der Waals surface area contributed by atoms with Crippen LogP contribution < -0.4 is 5.32 Å². The number of likely N-dealkylation sites (tertiary alicyclic amines) is 1. The molecule has 0 bridgehead atoms. The minimum absolute atomic E-state index is 0.228. The molecule has 1 fully saturated rings. The second-order valence-corrected chi connectivity index (χ2v) is 4.49. The molecule has 3 unspecified atom stereocenters. The molecule has 0 spiro atoms. The van der Waals surface area contributed by atoms with Crippen molar-refractivity contribution in [2.75, 3.05) is 40.4 Å². The van der Waals surface area contributed by atoms with E-state index in [-0.39, 0.29) is 12.2 Å². The topological polar surface area (TPSA) is 33.7 Å². The lowest BCUT2D eigenvalue weighted by molar-refractivity contribution is -0.00461. The van der Waals surface area contributed by atoms with Gasteiger partial charge in [-0.25, -0.2) is 0 Å².